The van der Waals surface area contributed by atoms with E-state index in [1.165, 1.54) is 0 Å². The van der Waals surface area contributed by atoms with Gasteiger partial charge in [-0.15, -0.1) is 11.3 Å². The van der Waals surface area contributed by atoms with Crippen LogP contribution in [0.3, 0.4) is 0 Å². The summed E-state index contributed by atoms with van der Waals surface area (Å²) in [6.45, 7) is 3.01. The molecule has 0 unspecified atom stereocenters. The van der Waals surface area contributed by atoms with E-state index in [0.29, 0.717) is 6.54 Å². The number of hydrogen-bond donors (Lipinski definition) is 0. The van der Waals surface area contributed by atoms with E-state index in [1.54, 1.807) is 22.4 Å². The van der Waals surface area contributed by atoms with Crippen molar-refractivity contribution in [3.05, 3.63) is 11.6 Å². The van der Waals surface area contributed by atoms with Crippen LogP contribution < -0.4 is 4.90 Å². The topological polar surface area (TPSA) is 62.7 Å². The summed E-state index contributed by atoms with van der Waals surface area (Å²) in [5.74, 6) is -0.490. The predicted molar refractivity (Wildman–Crippen MR) is 83.8 cm³/mol. The molecule has 2 fully saturated rings. The van der Waals surface area contributed by atoms with Crippen LogP contribution in [-0.2, 0) is 14.3 Å². The lowest BCUT2D eigenvalue weighted by atomic mass is 9.99. The molecule has 0 aliphatic carbocycles. The summed E-state index contributed by atoms with van der Waals surface area (Å²) in [7, 11) is 0. The number of rotatable bonds is 4. The molecule has 0 aromatic carbocycles. The van der Waals surface area contributed by atoms with Crippen LogP contribution in [0.5, 0.6) is 0 Å². The highest BCUT2D eigenvalue weighted by atomic mass is 32.1. The summed E-state index contributed by atoms with van der Waals surface area (Å²) in [6.07, 6.45) is 5.63. The van der Waals surface area contributed by atoms with E-state index in [9.17, 15) is 9.59 Å². The Morgan fingerprint density at radius 3 is 2.82 bits per heavy atom. The third-order valence-corrected chi connectivity index (χ3v) is 5.07. The Kier molecular flexibility index (Phi) is 4.92. The van der Waals surface area contributed by atoms with Gasteiger partial charge in [0.05, 0.1) is 5.92 Å². The molecule has 120 valence electrons. The van der Waals surface area contributed by atoms with Gasteiger partial charge in [0.1, 0.15) is 0 Å². The fourth-order valence-corrected chi connectivity index (χ4v) is 3.70. The summed E-state index contributed by atoms with van der Waals surface area (Å²) < 4.78 is 5.25. The van der Waals surface area contributed by atoms with Crippen molar-refractivity contribution in [3.63, 3.8) is 0 Å². The Bertz CT molecular complexity index is 514. The lowest BCUT2D eigenvalue weighted by Gasteiger charge is -2.31. The van der Waals surface area contributed by atoms with E-state index >= 15 is 0 Å². The van der Waals surface area contributed by atoms with Crippen LogP contribution in [-0.4, -0.2) is 54.5 Å². The molecule has 0 spiro atoms. The van der Waals surface area contributed by atoms with E-state index < -0.39 is 0 Å². The molecule has 0 saturated carbocycles. The second-order valence-electron chi connectivity index (χ2n) is 5.80. The number of carbonyl (C=O) groups is 2. The van der Waals surface area contributed by atoms with Gasteiger partial charge in [0.2, 0.25) is 0 Å². The molecule has 1 aromatic heterocycles. The van der Waals surface area contributed by atoms with Crippen LogP contribution in [0.1, 0.15) is 25.7 Å². The first-order valence-corrected chi connectivity index (χ1v) is 8.71. The van der Waals surface area contributed by atoms with Gasteiger partial charge in [0, 0.05) is 37.8 Å². The molecular formula is C15H21N3O3S. The number of anilines is 1. The van der Waals surface area contributed by atoms with E-state index in [2.05, 4.69) is 9.88 Å². The number of thiazole rings is 1. The van der Waals surface area contributed by atoms with E-state index in [-0.39, 0.29) is 24.4 Å². The second-order valence-corrected chi connectivity index (χ2v) is 6.67. The number of aromatic nitrogens is 1. The van der Waals surface area contributed by atoms with Gasteiger partial charge in [-0.2, -0.15) is 0 Å². The monoisotopic (exact) mass is 323 g/mol. The maximum absolute atomic E-state index is 12.2. The van der Waals surface area contributed by atoms with Crippen LogP contribution in [0.15, 0.2) is 11.6 Å². The number of amides is 1. The molecule has 1 amide bonds. The van der Waals surface area contributed by atoms with E-state index in [4.69, 9.17) is 4.74 Å². The van der Waals surface area contributed by atoms with Crippen LogP contribution in [0.2, 0.25) is 0 Å². The minimum Gasteiger partial charge on any atom is -0.455 e. The largest absolute Gasteiger partial charge is 0.455 e. The standard InChI is InChI=1S/C15H21N3O3S/c19-13(17-6-1-2-7-17)11-21-14(20)12-4-3-8-18(10-12)15-16-5-9-22-15/h5,9,12H,1-4,6-8,10-11H2/t12-/m1/s1. The van der Waals surface area contributed by atoms with Gasteiger partial charge in [-0.25, -0.2) is 4.98 Å². The van der Waals surface area contributed by atoms with Gasteiger partial charge in [0.25, 0.3) is 5.91 Å². The molecule has 3 rings (SSSR count). The van der Waals surface area contributed by atoms with Crippen molar-refractivity contribution in [3.8, 4) is 0 Å². The molecule has 0 bridgehead atoms. The van der Waals surface area contributed by atoms with Gasteiger partial charge in [-0.3, -0.25) is 9.59 Å². The zero-order chi connectivity index (χ0) is 15.4. The zero-order valence-electron chi connectivity index (χ0n) is 12.6. The van der Waals surface area contributed by atoms with Crippen molar-refractivity contribution in [2.24, 2.45) is 5.92 Å². The van der Waals surface area contributed by atoms with E-state index in [1.807, 2.05) is 5.38 Å². The maximum Gasteiger partial charge on any atom is 0.311 e. The summed E-state index contributed by atoms with van der Waals surface area (Å²) >= 11 is 1.58. The molecule has 6 nitrogen and oxygen atoms in total. The summed E-state index contributed by atoms with van der Waals surface area (Å²) in [5.41, 5.74) is 0. The lowest BCUT2D eigenvalue weighted by Crippen LogP contribution is -2.40. The number of hydrogen-bond acceptors (Lipinski definition) is 6. The highest BCUT2D eigenvalue weighted by Crippen LogP contribution is 2.25. The van der Waals surface area contributed by atoms with Gasteiger partial charge in [0.15, 0.2) is 11.7 Å². The highest BCUT2D eigenvalue weighted by molar-refractivity contribution is 7.13. The SMILES string of the molecule is O=C(OCC(=O)N1CCCC1)[C@@H]1CCCN(c2nccs2)C1. The Balaban J connectivity index is 1.48. The Hall–Kier alpha value is -1.63. The van der Waals surface area contributed by atoms with Gasteiger partial charge < -0.3 is 14.5 Å². The van der Waals surface area contributed by atoms with Crippen molar-refractivity contribution in [1.29, 1.82) is 0 Å². The van der Waals surface area contributed by atoms with Crippen molar-refractivity contribution in [1.82, 2.24) is 9.88 Å². The van der Waals surface area contributed by atoms with Crippen LogP contribution in [0.4, 0.5) is 5.13 Å². The normalized spacial score (nSPS) is 21.9. The highest BCUT2D eigenvalue weighted by Gasteiger charge is 2.29. The third-order valence-electron chi connectivity index (χ3n) is 4.24. The lowest BCUT2D eigenvalue weighted by molar-refractivity contribution is -0.155. The molecule has 1 aromatic rings. The molecule has 0 radical (unpaired) electrons. The average molecular weight is 323 g/mol. The molecule has 0 N–H and O–H groups in total. The predicted octanol–water partition coefficient (Wildman–Crippen LogP) is 1.53. The van der Waals surface area contributed by atoms with Crippen molar-refractivity contribution >= 4 is 28.3 Å². The fraction of sp³-hybridized carbons (Fsp3) is 0.667. The quantitative estimate of drug-likeness (QED) is 0.786. The summed E-state index contributed by atoms with van der Waals surface area (Å²) in [4.78, 5) is 32.3. The minimum absolute atomic E-state index is 0.0709. The number of nitrogens with zero attached hydrogens (tertiary/aromatic N) is 3. The zero-order valence-corrected chi connectivity index (χ0v) is 13.4. The van der Waals surface area contributed by atoms with Crippen LogP contribution >= 0.6 is 11.3 Å². The number of carbonyl (C=O) groups excluding carboxylic acids is 2. The smallest absolute Gasteiger partial charge is 0.311 e. The third kappa shape index (κ3) is 3.58. The van der Waals surface area contributed by atoms with Gasteiger partial charge in [-0.1, -0.05) is 0 Å². The molecule has 2 aliphatic rings. The van der Waals surface area contributed by atoms with Gasteiger partial charge in [-0.05, 0) is 25.7 Å². The van der Waals surface area contributed by atoms with Crippen molar-refractivity contribution < 1.29 is 14.3 Å². The maximum atomic E-state index is 12.2. The number of esters is 1. The summed E-state index contributed by atoms with van der Waals surface area (Å²) in [5, 5.41) is 2.89. The van der Waals surface area contributed by atoms with Crippen molar-refractivity contribution in [2.75, 3.05) is 37.7 Å². The number of likely N-dealkylation sites (tertiary alicyclic amines) is 1. The molecule has 2 saturated heterocycles. The van der Waals surface area contributed by atoms with Crippen LogP contribution in [0.25, 0.3) is 0 Å². The summed E-state index contributed by atoms with van der Waals surface area (Å²) in [6, 6.07) is 0. The molecule has 3 heterocycles. The Labute approximate surface area is 134 Å². The van der Waals surface area contributed by atoms with Crippen molar-refractivity contribution in [2.45, 2.75) is 25.7 Å². The molecular weight excluding hydrogens is 302 g/mol. The second kappa shape index (κ2) is 7.09. The minimum atomic E-state index is -0.256. The average Bonchev–Trinajstić information content (AvgIpc) is 3.25. The van der Waals surface area contributed by atoms with E-state index in [0.717, 1.165) is 50.4 Å². The first-order valence-electron chi connectivity index (χ1n) is 7.83. The molecule has 1 atom stereocenters. The first kappa shape index (κ1) is 15.3. The molecule has 2 aliphatic heterocycles. The number of ether oxygens (including phenoxy) is 1. The first-order chi connectivity index (χ1) is 10.7. The molecule has 7 heteroatoms. The van der Waals surface area contributed by atoms with Gasteiger partial charge >= 0.3 is 5.97 Å². The Morgan fingerprint density at radius 1 is 1.27 bits per heavy atom. The number of piperidine rings is 1. The molecule has 22 heavy (non-hydrogen) atoms. The van der Waals surface area contributed by atoms with Crippen LogP contribution in [0, 0.1) is 5.92 Å². The Morgan fingerprint density at radius 2 is 2.09 bits per heavy atom. The fourth-order valence-electron chi connectivity index (χ4n) is 3.02.